The normalized spacial score (nSPS) is 43.3. The van der Waals surface area contributed by atoms with Gasteiger partial charge in [0, 0.05) is 17.8 Å². The molecule has 0 N–H and O–H groups in total. The van der Waals surface area contributed by atoms with Crippen molar-refractivity contribution >= 4 is 19.1 Å². The van der Waals surface area contributed by atoms with Gasteiger partial charge >= 0.3 is 13.6 Å². The molecule has 4 saturated carbocycles. The van der Waals surface area contributed by atoms with Gasteiger partial charge in [-0.15, -0.1) is 0 Å². The highest BCUT2D eigenvalue weighted by molar-refractivity contribution is 7.72. The van der Waals surface area contributed by atoms with Crippen LogP contribution in [0.15, 0.2) is 11.6 Å². The molecule has 0 bridgehead atoms. The van der Waals surface area contributed by atoms with E-state index in [1.54, 1.807) is 13.8 Å². The van der Waals surface area contributed by atoms with Gasteiger partial charge in [-0.05, 0) is 117 Å². The second-order valence-electron chi connectivity index (χ2n) is 17.0. The standard InChI is InChI=1S/C36H59O6P/c1-11-40-43(39,41-12-2)30(38)36-21-19-31(4,5)23-26(36)25-13-14-28-33(8)17-16-29(42-24(3)37)32(6,7)27(33)15-18-35(28,10)34(25,9)20-22-36/h13,26-29H,11-12,14-23H2,1-10H3/t26-,27-,28+,29-,33-,34+,35+,36-/m0/s1. The molecule has 0 saturated heterocycles. The summed E-state index contributed by atoms with van der Waals surface area (Å²) in [4.78, 5) is 26.6. The van der Waals surface area contributed by atoms with Gasteiger partial charge in [-0.1, -0.05) is 60.1 Å². The Balaban J connectivity index is 1.57. The van der Waals surface area contributed by atoms with E-state index in [0.29, 0.717) is 11.8 Å². The third kappa shape index (κ3) is 4.81. The van der Waals surface area contributed by atoms with Crippen molar-refractivity contribution in [2.45, 2.75) is 140 Å². The fourth-order valence-corrected chi connectivity index (χ4v) is 13.7. The smallest absolute Gasteiger partial charge is 0.397 e. The minimum Gasteiger partial charge on any atom is -0.462 e. The van der Waals surface area contributed by atoms with Gasteiger partial charge in [-0.2, -0.15) is 0 Å². The van der Waals surface area contributed by atoms with Gasteiger partial charge in [0.15, 0.2) is 0 Å². The van der Waals surface area contributed by atoms with Gasteiger partial charge < -0.3 is 13.8 Å². The molecule has 0 amide bonds. The van der Waals surface area contributed by atoms with Crippen molar-refractivity contribution in [3.63, 3.8) is 0 Å². The lowest BCUT2D eigenvalue weighted by atomic mass is 9.33. The molecule has 0 aromatic carbocycles. The van der Waals surface area contributed by atoms with E-state index in [2.05, 4.69) is 54.5 Å². The zero-order valence-corrected chi connectivity index (χ0v) is 29.7. The highest BCUT2D eigenvalue weighted by atomic mass is 31.2. The maximum atomic E-state index is 14.5. The van der Waals surface area contributed by atoms with Crippen LogP contribution in [-0.2, 0) is 27.9 Å². The Bertz CT molecular complexity index is 1210. The molecule has 43 heavy (non-hydrogen) atoms. The third-order valence-electron chi connectivity index (χ3n) is 14.2. The molecule has 0 aliphatic heterocycles. The number of esters is 1. The molecule has 5 aliphatic rings. The number of hydrogen-bond acceptors (Lipinski definition) is 6. The molecule has 8 atom stereocenters. The number of hydrogen-bond donors (Lipinski definition) is 0. The number of carbonyl (C=O) groups is 2. The molecular weight excluding hydrogens is 559 g/mol. The molecule has 0 heterocycles. The maximum Gasteiger partial charge on any atom is 0.397 e. The summed E-state index contributed by atoms with van der Waals surface area (Å²) >= 11 is 0. The van der Waals surface area contributed by atoms with E-state index in [0.717, 1.165) is 64.2 Å². The van der Waals surface area contributed by atoms with Crippen LogP contribution in [0.3, 0.4) is 0 Å². The predicted molar refractivity (Wildman–Crippen MR) is 170 cm³/mol. The van der Waals surface area contributed by atoms with E-state index in [4.69, 9.17) is 13.8 Å². The maximum absolute atomic E-state index is 14.5. The highest BCUT2D eigenvalue weighted by Crippen LogP contribution is 2.77. The number of ether oxygens (including phenoxy) is 1. The minimum atomic E-state index is -3.90. The number of fused-ring (bicyclic) bond motifs is 7. The second-order valence-corrected chi connectivity index (χ2v) is 18.9. The average molecular weight is 619 g/mol. The quantitative estimate of drug-likeness (QED) is 0.161. The first-order chi connectivity index (χ1) is 19.9. The monoisotopic (exact) mass is 618 g/mol. The Hall–Kier alpha value is -0.970. The molecule has 0 aromatic rings. The molecular formula is C36H59O6P. The third-order valence-corrected chi connectivity index (χ3v) is 16.3. The molecule has 0 radical (unpaired) electrons. The van der Waals surface area contributed by atoms with Crippen LogP contribution in [0.1, 0.15) is 133 Å². The Morgan fingerprint density at radius 1 is 0.860 bits per heavy atom. The van der Waals surface area contributed by atoms with Crippen molar-refractivity contribution < 1.29 is 27.9 Å². The Labute approximate surface area is 261 Å². The first-order valence-corrected chi connectivity index (χ1v) is 18.7. The van der Waals surface area contributed by atoms with Crippen LogP contribution in [0.5, 0.6) is 0 Å². The second kappa shape index (κ2) is 10.8. The van der Waals surface area contributed by atoms with E-state index in [9.17, 15) is 14.2 Å². The minimum absolute atomic E-state index is 0.0325. The van der Waals surface area contributed by atoms with Crippen molar-refractivity contribution in [3.8, 4) is 0 Å². The SMILES string of the molecule is CCOP(=O)(OCC)C(=O)[C@]12CCC(C)(C)C[C@H]1C1=CC[C@@H]3[C@@]4(C)CC[C@H](OC(C)=O)C(C)(C)[C@@H]4CC[C@@]3(C)[C@]1(C)CC2. The molecule has 5 rings (SSSR count). The van der Waals surface area contributed by atoms with E-state index in [-0.39, 0.29) is 63.8 Å². The van der Waals surface area contributed by atoms with E-state index < -0.39 is 13.0 Å². The van der Waals surface area contributed by atoms with Crippen LogP contribution >= 0.6 is 7.60 Å². The van der Waals surface area contributed by atoms with Gasteiger partial charge in [0.2, 0.25) is 0 Å². The van der Waals surface area contributed by atoms with Gasteiger partial charge in [0.1, 0.15) is 6.10 Å². The van der Waals surface area contributed by atoms with E-state index in [1.165, 1.54) is 12.5 Å². The van der Waals surface area contributed by atoms with Crippen molar-refractivity contribution in [1.82, 2.24) is 0 Å². The van der Waals surface area contributed by atoms with Gasteiger partial charge in [-0.3, -0.25) is 14.2 Å². The molecule has 6 nitrogen and oxygen atoms in total. The molecule has 7 heteroatoms. The summed E-state index contributed by atoms with van der Waals surface area (Å²) < 4.78 is 31.4. The largest absolute Gasteiger partial charge is 0.462 e. The summed E-state index contributed by atoms with van der Waals surface area (Å²) in [5.74, 6) is 0.879. The summed E-state index contributed by atoms with van der Waals surface area (Å²) in [6, 6.07) is 0. The van der Waals surface area contributed by atoms with Crippen LogP contribution in [0.4, 0.5) is 0 Å². The zero-order valence-electron chi connectivity index (χ0n) is 28.8. The van der Waals surface area contributed by atoms with Gasteiger partial charge in [0.25, 0.3) is 5.52 Å². The zero-order chi connectivity index (χ0) is 31.9. The summed E-state index contributed by atoms with van der Waals surface area (Å²) in [6.45, 7) is 22.4. The van der Waals surface area contributed by atoms with Crippen molar-refractivity contribution in [2.24, 2.45) is 50.2 Å². The predicted octanol–water partition coefficient (Wildman–Crippen LogP) is 9.51. The topological polar surface area (TPSA) is 78.9 Å². The summed E-state index contributed by atoms with van der Waals surface area (Å²) in [5, 5.41) is 0. The van der Waals surface area contributed by atoms with Crippen molar-refractivity contribution in [1.29, 1.82) is 0 Å². The number of allylic oxidation sites excluding steroid dienone is 2. The van der Waals surface area contributed by atoms with Gasteiger partial charge in [-0.25, -0.2) is 0 Å². The van der Waals surface area contributed by atoms with Crippen molar-refractivity contribution in [3.05, 3.63) is 11.6 Å². The Morgan fingerprint density at radius 3 is 2.09 bits per heavy atom. The lowest BCUT2D eigenvalue weighted by molar-refractivity contribution is -0.211. The number of rotatable bonds is 7. The lowest BCUT2D eigenvalue weighted by Gasteiger charge is -2.71. The van der Waals surface area contributed by atoms with E-state index >= 15 is 0 Å². The Kier molecular flexibility index (Phi) is 8.39. The molecule has 0 spiro atoms. The average Bonchev–Trinajstić information content (AvgIpc) is 2.90. The summed E-state index contributed by atoms with van der Waals surface area (Å²) in [6.07, 6.45) is 12.1. The molecule has 0 unspecified atom stereocenters. The molecule has 244 valence electrons. The molecule has 5 aliphatic carbocycles. The summed E-state index contributed by atoms with van der Waals surface area (Å²) in [5.41, 5.74) is 0.718. The van der Waals surface area contributed by atoms with E-state index in [1.807, 2.05) is 0 Å². The molecule has 0 aromatic heterocycles. The number of carbonyl (C=O) groups excluding carboxylic acids is 2. The lowest BCUT2D eigenvalue weighted by Crippen LogP contribution is -2.65. The fraction of sp³-hybridized carbons (Fsp3) is 0.889. The summed E-state index contributed by atoms with van der Waals surface area (Å²) in [7, 11) is -3.90. The van der Waals surface area contributed by atoms with Crippen LogP contribution < -0.4 is 0 Å². The van der Waals surface area contributed by atoms with Crippen molar-refractivity contribution in [2.75, 3.05) is 13.2 Å². The van der Waals surface area contributed by atoms with Gasteiger partial charge in [0.05, 0.1) is 13.2 Å². The Morgan fingerprint density at radius 2 is 1.49 bits per heavy atom. The van der Waals surface area contributed by atoms with Crippen LogP contribution in [0, 0.1) is 50.2 Å². The van der Waals surface area contributed by atoms with Crippen LogP contribution in [0.25, 0.3) is 0 Å². The molecule has 4 fully saturated rings. The fourth-order valence-electron chi connectivity index (χ4n) is 11.8. The van der Waals surface area contributed by atoms with Crippen LogP contribution in [0.2, 0.25) is 0 Å². The van der Waals surface area contributed by atoms with Crippen LogP contribution in [-0.4, -0.2) is 30.8 Å². The first-order valence-electron chi connectivity index (χ1n) is 17.2. The first kappa shape index (κ1) is 33.4. The highest BCUT2D eigenvalue weighted by Gasteiger charge is 2.70.